The smallest absolute Gasteiger partial charge is 0.291 e. The van der Waals surface area contributed by atoms with Crippen LogP contribution in [-0.4, -0.2) is 27.1 Å². The molecule has 1 aromatic carbocycles. The first-order valence-electron chi connectivity index (χ1n) is 8.42. The summed E-state index contributed by atoms with van der Waals surface area (Å²) in [4.78, 5) is 16.0. The number of rotatable bonds is 4. The van der Waals surface area contributed by atoms with Crippen LogP contribution in [0.4, 0.5) is 11.4 Å². The second-order valence-corrected chi connectivity index (χ2v) is 9.38. The third-order valence-electron chi connectivity index (χ3n) is 4.47. The van der Waals surface area contributed by atoms with Crippen molar-refractivity contribution < 1.29 is 17.6 Å². The van der Waals surface area contributed by atoms with Gasteiger partial charge in [0.05, 0.1) is 0 Å². The van der Waals surface area contributed by atoms with E-state index in [1.54, 1.807) is 0 Å². The maximum Gasteiger partial charge on any atom is 0.291 e. The van der Waals surface area contributed by atoms with E-state index in [1.807, 2.05) is 35.6 Å². The molecule has 140 valence electrons. The highest BCUT2D eigenvalue weighted by Crippen LogP contribution is 2.28. The van der Waals surface area contributed by atoms with Gasteiger partial charge in [-0.3, -0.25) is 4.79 Å². The molecular formula is C19H18N2O4S2. The Kier molecular flexibility index (Phi) is 4.53. The molecule has 4 rings (SSSR count). The number of hydrogen-bond acceptors (Lipinski definition) is 6. The van der Waals surface area contributed by atoms with Gasteiger partial charge in [0.1, 0.15) is 0 Å². The van der Waals surface area contributed by atoms with Gasteiger partial charge in [-0.05, 0) is 59.8 Å². The molecule has 1 aliphatic rings. The average Bonchev–Trinajstić information content (AvgIpc) is 3.31. The Bertz CT molecular complexity index is 1080. The first-order valence-corrected chi connectivity index (χ1v) is 11.2. The summed E-state index contributed by atoms with van der Waals surface area (Å²) < 4.78 is 28.0. The number of hydrogen-bond donors (Lipinski definition) is 1. The van der Waals surface area contributed by atoms with Crippen LogP contribution in [0, 0.1) is 0 Å². The number of furan rings is 1. The van der Waals surface area contributed by atoms with E-state index in [-0.39, 0.29) is 10.9 Å². The average molecular weight is 402 g/mol. The van der Waals surface area contributed by atoms with Crippen molar-refractivity contribution in [3.8, 4) is 0 Å². The molecule has 3 heterocycles. The first kappa shape index (κ1) is 17.8. The topological polar surface area (TPSA) is 79.6 Å². The molecule has 0 radical (unpaired) electrons. The van der Waals surface area contributed by atoms with Crippen LogP contribution in [0.5, 0.6) is 0 Å². The van der Waals surface area contributed by atoms with E-state index in [1.165, 1.54) is 22.6 Å². The van der Waals surface area contributed by atoms with Crippen molar-refractivity contribution >= 4 is 38.5 Å². The van der Waals surface area contributed by atoms with Crippen molar-refractivity contribution in [2.24, 2.45) is 0 Å². The van der Waals surface area contributed by atoms with E-state index in [2.05, 4.69) is 21.7 Å². The van der Waals surface area contributed by atoms with Crippen LogP contribution in [-0.2, 0) is 22.8 Å². The lowest BCUT2D eigenvalue weighted by Gasteiger charge is -2.29. The summed E-state index contributed by atoms with van der Waals surface area (Å²) in [6.07, 6.45) is 2.08. The van der Waals surface area contributed by atoms with Crippen LogP contribution in [0.1, 0.15) is 21.0 Å². The molecule has 0 atom stereocenters. The summed E-state index contributed by atoms with van der Waals surface area (Å²) in [6, 6.07) is 12.4. The Labute approximate surface area is 161 Å². The van der Waals surface area contributed by atoms with Crippen molar-refractivity contribution in [1.29, 1.82) is 0 Å². The summed E-state index contributed by atoms with van der Waals surface area (Å²) in [5.41, 5.74) is 3.10. The standard InChI is InChI=1S/C19H18N2O4S2/c1-27(23,24)18-7-6-16(25-18)19(22)20-14-2-4-15(5-3-14)21-10-8-17-13(12-21)9-11-26-17/h2-7,9,11H,8,10,12H2,1H3,(H,20,22). The molecule has 8 heteroatoms. The highest BCUT2D eigenvalue weighted by molar-refractivity contribution is 7.90. The van der Waals surface area contributed by atoms with Gasteiger partial charge in [-0.2, -0.15) is 0 Å². The zero-order valence-corrected chi connectivity index (χ0v) is 16.3. The van der Waals surface area contributed by atoms with Gasteiger partial charge in [-0.15, -0.1) is 11.3 Å². The van der Waals surface area contributed by atoms with Crippen molar-refractivity contribution in [3.63, 3.8) is 0 Å². The Balaban J connectivity index is 1.44. The molecule has 0 saturated carbocycles. The number of anilines is 2. The highest BCUT2D eigenvalue weighted by atomic mass is 32.2. The summed E-state index contributed by atoms with van der Waals surface area (Å²) in [6.45, 7) is 1.87. The SMILES string of the molecule is CS(=O)(=O)c1ccc(C(=O)Nc2ccc(N3CCc4sccc4C3)cc2)o1. The predicted octanol–water partition coefficient (Wildman–Crippen LogP) is 3.56. The van der Waals surface area contributed by atoms with Crippen LogP contribution >= 0.6 is 11.3 Å². The molecule has 0 saturated heterocycles. The number of nitrogens with zero attached hydrogens (tertiary/aromatic N) is 1. The van der Waals surface area contributed by atoms with Crippen LogP contribution in [0.3, 0.4) is 0 Å². The van der Waals surface area contributed by atoms with Gasteiger partial charge in [0.25, 0.3) is 5.91 Å². The van der Waals surface area contributed by atoms with Crippen molar-refractivity contribution in [2.75, 3.05) is 23.0 Å². The zero-order valence-electron chi connectivity index (χ0n) is 14.6. The Morgan fingerprint density at radius 1 is 1.15 bits per heavy atom. The number of amides is 1. The summed E-state index contributed by atoms with van der Waals surface area (Å²) in [7, 11) is -3.47. The van der Waals surface area contributed by atoms with E-state index < -0.39 is 15.7 Å². The number of carbonyl (C=O) groups is 1. The van der Waals surface area contributed by atoms with Crippen LogP contribution in [0.25, 0.3) is 0 Å². The molecular weight excluding hydrogens is 384 g/mol. The minimum atomic E-state index is -3.47. The fourth-order valence-corrected chi connectivity index (χ4v) is 4.50. The first-order chi connectivity index (χ1) is 12.9. The number of fused-ring (bicyclic) bond motifs is 1. The van der Waals surface area contributed by atoms with E-state index in [0.29, 0.717) is 5.69 Å². The predicted molar refractivity (Wildman–Crippen MR) is 105 cm³/mol. The second-order valence-electron chi connectivity index (χ2n) is 6.43. The van der Waals surface area contributed by atoms with Gasteiger partial charge < -0.3 is 14.6 Å². The number of benzene rings is 1. The normalized spacial score (nSPS) is 14.0. The van der Waals surface area contributed by atoms with Gasteiger partial charge in [0.2, 0.25) is 14.9 Å². The number of nitrogens with one attached hydrogen (secondary N) is 1. The molecule has 6 nitrogen and oxygen atoms in total. The summed E-state index contributed by atoms with van der Waals surface area (Å²) in [5.74, 6) is -0.529. The Morgan fingerprint density at radius 3 is 2.63 bits per heavy atom. The number of thiophene rings is 1. The number of carbonyl (C=O) groups excluding carboxylic acids is 1. The van der Waals surface area contributed by atoms with Crippen molar-refractivity contribution in [1.82, 2.24) is 0 Å². The second kappa shape index (κ2) is 6.86. The van der Waals surface area contributed by atoms with E-state index in [9.17, 15) is 13.2 Å². The molecule has 0 unspecified atom stereocenters. The van der Waals surface area contributed by atoms with Gasteiger partial charge in [0, 0.05) is 35.6 Å². The lowest BCUT2D eigenvalue weighted by Crippen LogP contribution is -2.29. The monoisotopic (exact) mass is 402 g/mol. The van der Waals surface area contributed by atoms with Crippen LogP contribution in [0.2, 0.25) is 0 Å². The molecule has 0 fully saturated rings. The lowest BCUT2D eigenvalue weighted by molar-refractivity contribution is 0.0991. The minimum absolute atomic E-state index is 0.0412. The van der Waals surface area contributed by atoms with Gasteiger partial charge in [-0.1, -0.05) is 0 Å². The lowest BCUT2D eigenvalue weighted by atomic mass is 10.1. The molecule has 0 aliphatic carbocycles. The van der Waals surface area contributed by atoms with Crippen LogP contribution in [0.15, 0.2) is 57.4 Å². The maximum atomic E-state index is 12.2. The van der Waals surface area contributed by atoms with Gasteiger partial charge in [0.15, 0.2) is 5.76 Å². The quantitative estimate of drug-likeness (QED) is 0.722. The fourth-order valence-electron chi connectivity index (χ4n) is 3.06. The zero-order chi connectivity index (χ0) is 19.0. The molecule has 27 heavy (non-hydrogen) atoms. The molecule has 0 bridgehead atoms. The van der Waals surface area contributed by atoms with Gasteiger partial charge in [-0.25, -0.2) is 8.42 Å². The Morgan fingerprint density at radius 2 is 1.93 bits per heavy atom. The van der Waals surface area contributed by atoms with Crippen LogP contribution < -0.4 is 10.2 Å². The van der Waals surface area contributed by atoms with E-state index in [4.69, 9.17) is 4.42 Å². The number of sulfone groups is 1. The third-order valence-corrected chi connectivity index (χ3v) is 6.44. The summed E-state index contributed by atoms with van der Waals surface area (Å²) in [5, 5.41) is 4.63. The molecule has 1 N–H and O–H groups in total. The molecule has 3 aromatic rings. The molecule has 1 aliphatic heterocycles. The molecule has 2 aromatic heterocycles. The largest absolute Gasteiger partial charge is 0.440 e. The highest BCUT2D eigenvalue weighted by Gasteiger charge is 2.19. The fraction of sp³-hybridized carbons (Fsp3) is 0.211. The third kappa shape index (κ3) is 3.77. The molecule has 1 amide bonds. The van der Waals surface area contributed by atoms with Gasteiger partial charge >= 0.3 is 0 Å². The molecule has 0 spiro atoms. The maximum absolute atomic E-state index is 12.2. The minimum Gasteiger partial charge on any atom is -0.440 e. The Hall–Kier alpha value is -2.58. The van der Waals surface area contributed by atoms with E-state index >= 15 is 0 Å². The van der Waals surface area contributed by atoms with Crippen molar-refractivity contribution in [3.05, 3.63) is 64.0 Å². The summed E-state index contributed by atoms with van der Waals surface area (Å²) >= 11 is 1.81. The van der Waals surface area contributed by atoms with Crippen molar-refractivity contribution in [2.45, 2.75) is 18.1 Å². The van der Waals surface area contributed by atoms with E-state index in [0.717, 1.165) is 31.5 Å².